The number of ether oxygens (including phenoxy) is 1. The Hall–Kier alpha value is -2.49. The van der Waals surface area contributed by atoms with Crippen molar-refractivity contribution in [1.82, 2.24) is 0 Å². The number of benzene rings is 2. The summed E-state index contributed by atoms with van der Waals surface area (Å²) in [5, 5.41) is 6.15. The third-order valence-electron chi connectivity index (χ3n) is 3.28. The molecule has 0 fully saturated rings. The average molecular weight is 298 g/mol. The van der Waals surface area contributed by atoms with Crippen LogP contribution in [-0.4, -0.2) is 19.6 Å². The summed E-state index contributed by atoms with van der Waals surface area (Å²) < 4.78 is 5.08. The fraction of sp³-hybridized carbons (Fsp3) is 0.278. The van der Waals surface area contributed by atoms with Crippen LogP contribution in [0.1, 0.15) is 17.5 Å². The Morgan fingerprint density at radius 1 is 1.00 bits per heavy atom. The summed E-state index contributed by atoms with van der Waals surface area (Å²) in [7, 11) is 1.62. The number of hydrogen-bond donors (Lipinski definition) is 2. The molecule has 0 aromatic heterocycles. The first-order chi connectivity index (χ1) is 10.6. The molecule has 0 saturated carbocycles. The highest BCUT2D eigenvalue weighted by atomic mass is 16.5. The van der Waals surface area contributed by atoms with Gasteiger partial charge in [-0.15, -0.1) is 0 Å². The first-order valence-corrected chi connectivity index (χ1v) is 7.33. The van der Waals surface area contributed by atoms with Crippen molar-refractivity contribution in [3.63, 3.8) is 0 Å². The SMILES string of the molecule is COc1ccc(NC(=O)CCNc2cc(C)cc(C)c2)cc1. The summed E-state index contributed by atoms with van der Waals surface area (Å²) in [6.45, 7) is 4.73. The number of anilines is 2. The van der Waals surface area contributed by atoms with Crippen LogP contribution in [0.3, 0.4) is 0 Å². The molecule has 0 heterocycles. The molecule has 2 N–H and O–H groups in total. The molecule has 0 aliphatic carbocycles. The predicted octanol–water partition coefficient (Wildman–Crippen LogP) is 3.75. The van der Waals surface area contributed by atoms with E-state index in [2.05, 4.69) is 42.7 Å². The third kappa shape index (κ3) is 4.81. The summed E-state index contributed by atoms with van der Waals surface area (Å²) >= 11 is 0. The van der Waals surface area contributed by atoms with Gasteiger partial charge < -0.3 is 15.4 Å². The number of nitrogens with one attached hydrogen (secondary N) is 2. The van der Waals surface area contributed by atoms with Gasteiger partial charge in [-0.1, -0.05) is 6.07 Å². The normalized spacial score (nSPS) is 10.1. The lowest BCUT2D eigenvalue weighted by Crippen LogP contribution is -2.16. The van der Waals surface area contributed by atoms with E-state index in [1.54, 1.807) is 7.11 Å². The lowest BCUT2D eigenvalue weighted by atomic mass is 10.1. The van der Waals surface area contributed by atoms with Gasteiger partial charge in [-0.25, -0.2) is 0 Å². The van der Waals surface area contributed by atoms with E-state index in [4.69, 9.17) is 4.74 Å². The molecule has 0 aliphatic rings. The molecule has 0 saturated heterocycles. The molecule has 4 heteroatoms. The first-order valence-electron chi connectivity index (χ1n) is 7.33. The van der Waals surface area contributed by atoms with Gasteiger partial charge in [0.25, 0.3) is 0 Å². The summed E-state index contributed by atoms with van der Waals surface area (Å²) in [6, 6.07) is 13.6. The topological polar surface area (TPSA) is 50.4 Å². The fourth-order valence-corrected chi connectivity index (χ4v) is 2.29. The van der Waals surface area contributed by atoms with Crippen LogP contribution in [-0.2, 0) is 4.79 Å². The van der Waals surface area contributed by atoms with Gasteiger partial charge in [-0.05, 0) is 61.4 Å². The Morgan fingerprint density at radius 3 is 2.23 bits per heavy atom. The zero-order chi connectivity index (χ0) is 15.9. The minimum atomic E-state index is -0.0120. The van der Waals surface area contributed by atoms with Gasteiger partial charge in [0.1, 0.15) is 5.75 Å². The molecule has 2 aromatic rings. The summed E-state index contributed by atoms with van der Waals surface area (Å²) in [4.78, 5) is 11.9. The number of carbonyl (C=O) groups excluding carboxylic acids is 1. The maximum absolute atomic E-state index is 11.9. The summed E-state index contributed by atoms with van der Waals surface area (Å²) in [5.74, 6) is 0.761. The smallest absolute Gasteiger partial charge is 0.226 e. The van der Waals surface area contributed by atoms with Crippen molar-refractivity contribution in [2.45, 2.75) is 20.3 Å². The second-order valence-corrected chi connectivity index (χ2v) is 5.33. The summed E-state index contributed by atoms with van der Waals surface area (Å²) in [6.07, 6.45) is 0.416. The number of rotatable bonds is 6. The van der Waals surface area contributed by atoms with Crippen molar-refractivity contribution >= 4 is 17.3 Å². The highest BCUT2D eigenvalue weighted by molar-refractivity contribution is 5.91. The Morgan fingerprint density at radius 2 is 1.64 bits per heavy atom. The molecule has 0 aliphatic heterocycles. The van der Waals surface area contributed by atoms with Crippen LogP contribution in [0.25, 0.3) is 0 Å². The predicted molar refractivity (Wildman–Crippen MR) is 90.6 cm³/mol. The van der Waals surface area contributed by atoms with Crippen molar-refractivity contribution in [2.75, 3.05) is 24.3 Å². The van der Waals surface area contributed by atoms with Crippen LogP contribution in [0.15, 0.2) is 42.5 Å². The van der Waals surface area contributed by atoms with Crippen molar-refractivity contribution < 1.29 is 9.53 Å². The van der Waals surface area contributed by atoms with Gasteiger partial charge in [-0.3, -0.25) is 4.79 Å². The van der Waals surface area contributed by atoms with Crippen molar-refractivity contribution in [3.05, 3.63) is 53.6 Å². The van der Waals surface area contributed by atoms with Crippen LogP contribution in [0.5, 0.6) is 5.75 Å². The Balaban J connectivity index is 1.79. The Kier molecular flexibility index (Phi) is 5.42. The van der Waals surface area contributed by atoms with Crippen LogP contribution in [0, 0.1) is 13.8 Å². The van der Waals surface area contributed by atoms with E-state index in [9.17, 15) is 4.79 Å². The van der Waals surface area contributed by atoms with Crippen LogP contribution in [0.4, 0.5) is 11.4 Å². The monoisotopic (exact) mass is 298 g/mol. The highest BCUT2D eigenvalue weighted by Gasteiger charge is 2.03. The lowest BCUT2D eigenvalue weighted by molar-refractivity contribution is -0.115. The molecule has 0 radical (unpaired) electrons. The largest absolute Gasteiger partial charge is 0.497 e. The van der Waals surface area contributed by atoms with E-state index in [-0.39, 0.29) is 5.91 Å². The second kappa shape index (κ2) is 7.50. The number of aryl methyl sites for hydroxylation is 2. The van der Waals surface area contributed by atoms with Gasteiger partial charge in [0.05, 0.1) is 7.11 Å². The van der Waals surface area contributed by atoms with E-state index in [1.807, 2.05) is 24.3 Å². The molecule has 2 rings (SSSR count). The van der Waals surface area contributed by atoms with Gasteiger partial charge in [0.2, 0.25) is 5.91 Å². The maximum Gasteiger partial charge on any atom is 0.226 e. The van der Waals surface area contributed by atoms with Crippen molar-refractivity contribution in [2.24, 2.45) is 0 Å². The molecule has 2 aromatic carbocycles. The molecule has 0 bridgehead atoms. The van der Waals surface area contributed by atoms with Crippen molar-refractivity contribution in [1.29, 1.82) is 0 Å². The number of amides is 1. The molecule has 0 atom stereocenters. The number of methoxy groups -OCH3 is 1. The van der Waals surface area contributed by atoms with Gasteiger partial charge >= 0.3 is 0 Å². The zero-order valence-electron chi connectivity index (χ0n) is 13.3. The van der Waals surface area contributed by atoms with E-state index >= 15 is 0 Å². The minimum Gasteiger partial charge on any atom is -0.497 e. The van der Waals surface area contributed by atoms with E-state index < -0.39 is 0 Å². The highest BCUT2D eigenvalue weighted by Crippen LogP contribution is 2.16. The average Bonchev–Trinajstić information content (AvgIpc) is 2.47. The minimum absolute atomic E-state index is 0.0120. The molecule has 4 nitrogen and oxygen atoms in total. The molecule has 0 unspecified atom stereocenters. The van der Waals surface area contributed by atoms with Crippen LogP contribution < -0.4 is 15.4 Å². The molecule has 1 amide bonds. The van der Waals surface area contributed by atoms with Crippen LogP contribution >= 0.6 is 0 Å². The standard InChI is InChI=1S/C18H22N2O2/c1-13-10-14(2)12-16(11-13)19-9-8-18(21)20-15-4-6-17(22-3)7-5-15/h4-7,10-12,19H,8-9H2,1-3H3,(H,20,21). The van der Waals surface area contributed by atoms with Crippen molar-refractivity contribution in [3.8, 4) is 5.75 Å². The molecular formula is C18H22N2O2. The number of hydrogen-bond acceptors (Lipinski definition) is 3. The zero-order valence-corrected chi connectivity index (χ0v) is 13.3. The van der Waals surface area contributed by atoms with Gasteiger partial charge in [-0.2, -0.15) is 0 Å². The lowest BCUT2D eigenvalue weighted by Gasteiger charge is -2.09. The Labute approximate surface area is 131 Å². The third-order valence-corrected chi connectivity index (χ3v) is 3.28. The van der Waals surface area contributed by atoms with Crippen LogP contribution in [0.2, 0.25) is 0 Å². The van der Waals surface area contributed by atoms with E-state index in [0.717, 1.165) is 17.1 Å². The molecular weight excluding hydrogens is 276 g/mol. The number of carbonyl (C=O) groups is 1. The van der Waals surface area contributed by atoms with Gasteiger partial charge in [0, 0.05) is 24.3 Å². The van der Waals surface area contributed by atoms with E-state index in [1.165, 1.54) is 11.1 Å². The molecule has 116 valence electrons. The second-order valence-electron chi connectivity index (χ2n) is 5.33. The van der Waals surface area contributed by atoms with Gasteiger partial charge in [0.15, 0.2) is 0 Å². The van der Waals surface area contributed by atoms with E-state index in [0.29, 0.717) is 13.0 Å². The first kappa shape index (κ1) is 15.9. The fourth-order valence-electron chi connectivity index (χ4n) is 2.29. The molecule has 0 spiro atoms. The molecule has 22 heavy (non-hydrogen) atoms. The maximum atomic E-state index is 11.9. The Bertz CT molecular complexity index is 616. The summed E-state index contributed by atoms with van der Waals surface area (Å²) in [5.41, 5.74) is 4.25. The quantitative estimate of drug-likeness (QED) is 0.854.